The van der Waals surface area contributed by atoms with E-state index < -0.39 is 0 Å². The first-order chi connectivity index (χ1) is 15.2. The molecule has 10 atom stereocenters. The van der Waals surface area contributed by atoms with Crippen molar-refractivity contribution in [3.05, 3.63) is 0 Å². The van der Waals surface area contributed by atoms with Gasteiger partial charge in [-0.1, -0.05) is 48.5 Å². The summed E-state index contributed by atoms with van der Waals surface area (Å²) in [7, 11) is 0. The number of hydrogen-bond acceptors (Lipinski definition) is 3. The quantitative estimate of drug-likeness (QED) is 0.478. The third-order valence-corrected chi connectivity index (χ3v) is 13.8. The summed E-state index contributed by atoms with van der Waals surface area (Å²) >= 11 is 0. The van der Waals surface area contributed by atoms with Crippen LogP contribution in [-0.2, 0) is 4.79 Å². The maximum Gasteiger partial charge on any atom is 0.136 e. The third kappa shape index (κ3) is 2.85. The van der Waals surface area contributed by atoms with Crippen molar-refractivity contribution in [3.63, 3.8) is 0 Å². The summed E-state index contributed by atoms with van der Waals surface area (Å²) in [5.41, 5.74) is 0.517. The van der Waals surface area contributed by atoms with Gasteiger partial charge in [0.25, 0.3) is 0 Å². The lowest BCUT2D eigenvalue weighted by molar-refractivity contribution is -0.279. The van der Waals surface area contributed by atoms with Gasteiger partial charge in [0.2, 0.25) is 0 Å². The molecule has 0 radical (unpaired) electrons. The van der Waals surface area contributed by atoms with E-state index in [2.05, 4.69) is 48.5 Å². The van der Waals surface area contributed by atoms with E-state index in [0.29, 0.717) is 30.1 Å². The first-order valence-corrected chi connectivity index (χ1v) is 14.0. The van der Waals surface area contributed by atoms with Crippen LogP contribution in [0.2, 0.25) is 0 Å². The molecule has 0 saturated heterocycles. The van der Waals surface area contributed by atoms with Gasteiger partial charge in [-0.05, 0) is 103 Å². The SMILES string of the molecule is C[C@H]1C(=O)CC[C@@H]2[C@]1(C)CC[C@H]1[C@@]2(C)CC[C@@]2(C)[C@@H]3CC(C)(C)[C@H](O)C[C@]3(C)CC[C@]12CO. The number of hydrogen-bond donors (Lipinski definition) is 2. The van der Waals surface area contributed by atoms with E-state index in [-0.39, 0.29) is 44.5 Å². The smallest absolute Gasteiger partial charge is 0.136 e. The molecule has 5 aliphatic carbocycles. The van der Waals surface area contributed by atoms with E-state index in [9.17, 15) is 15.0 Å². The standard InChI is InChI=1S/C30H50O3/c1-19-20(32)8-9-21-27(19,5)11-10-22-28(21,6)13-14-29(7)23-16-25(2,3)24(33)17-26(23,4)12-15-30(22,29)18-31/h19,21-24,31,33H,8-18H2,1-7H3/t19-,21+,22-,23+,24+,26-,27+,28-,29-,30-/m0/s1. The molecule has 0 bridgehead atoms. The third-order valence-electron chi connectivity index (χ3n) is 13.8. The Kier molecular flexibility index (Phi) is 5.22. The zero-order valence-corrected chi connectivity index (χ0v) is 22.5. The molecule has 5 rings (SSSR count). The zero-order chi connectivity index (χ0) is 24.2. The van der Waals surface area contributed by atoms with Crippen molar-refractivity contribution in [1.82, 2.24) is 0 Å². The van der Waals surface area contributed by atoms with Crippen LogP contribution in [-0.4, -0.2) is 28.7 Å². The highest BCUT2D eigenvalue weighted by atomic mass is 16.3. The minimum absolute atomic E-state index is 0.0332. The van der Waals surface area contributed by atoms with Gasteiger partial charge >= 0.3 is 0 Å². The second-order valence-corrected chi connectivity index (χ2v) is 15.2. The molecule has 3 nitrogen and oxygen atoms in total. The normalized spacial score (nSPS) is 58.0. The van der Waals surface area contributed by atoms with Gasteiger partial charge in [-0.2, -0.15) is 0 Å². The molecule has 0 heterocycles. The van der Waals surface area contributed by atoms with Crippen LogP contribution < -0.4 is 0 Å². The molecule has 0 aromatic rings. The minimum atomic E-state index is -0.227. The lowest BCUT2D eigenvalue weighted by Gasteiger charge is -2.75. The molecular formula is C30H50O3. The van der Waals surface area contributed by atoms with Crippen LogP contribution in [0.3, 0.4) is 0 Å². The van der Waals surface area contributed by atoms with Crippen molar-refractivity contribution in [2.24, 2.45) is 56.2 Å². The Bertz CT molecular complexity index is 834. The monoisotopic (exact) mass is 458 g/mol. The van der Waals surface area contributed by atoms with Gasteiger partial charge in [0.05, 0.1) is 6.10 Å². The second kappa shape index (κ2) is 7.09. The Balaban J connectivity index is 1.58. The maximum absolute atomic E-state index is 12.7. The second-order valence-electron chi connectivity index (χ2n) is 15.2. The van der Waals surface area contributed by atoms with Crippen LogP contribution in [0.25, 0.3) is 0 Å². The summed E-state index contributed by atoms with van der Waals surface area (Å²) in [4.78, 5) is 12.7. The van der Waals surface area contributed by atoms with Gasteiger partial charge in [-0.3, -0.25) is 4.79 Å². The minimum Gasteiger partial charge on any atom is -0.396 e. The van der Waals surface area contributed by atoms with Crippen LogP contribution in [0, 0.1) is 56.2 Å². The summed E-state index contributed by atoms with van der Waals surface area (Å²) in [6.45, 7) is 17.0. The zero-order valence-electron chi connectivity index (χ0n) is 22.5. The molecule has 0 aromatic heterocycles. The van der Waals surface area contributed by atoms with Crippen molar-refractivity contribution in [2.75, 3.05) is 6.61 Å². The van der Waals surface area contributed by atoms with Crippen molar-refractivity contribution < 1.29 is 15.0 Å². The van der Waals surface area contributed by atoms with Crippen LogP contribution in [0.1, 0.15) is 113 Å². The van der Waals surface area contributed by atoms with Gasteiger partial charge < -0.3 is 10.2 Å². The first kappa shape index (κ1) is 24.3. The fraction of sp³-hybridized carbons (Fsp3) is 0.967. The highest BCUT2D eigenvalue weighted by Crippen LogP contribution is 2.78. The topological polar surface area (TPSA) is 57.5 Å². The summed E-state index contributed by atoms with van der Waals surface area (Å²) in [5, 5.41) is 22.3. The molecule has 0 amide bonds. The van der Waals surface area contributed by atoms with Crippen molar-refractivity contribution in [2.45, 2.75) is 119 Å². The fourth-order valence-corrected chi connectivity index (χ4v) is 11.3. The Hall–Kier alpha value is -0.410. The van der Waals surface area contributed by atoms with E-state index in [4.69, 9.17) is 0 Å². The van der Waals surface area contributed by atoms with E-state index in [1.807, 2.05) is 0 Å². The molecule has 5 fully saturated rings. The number of aliphatic hydroxyl groups excluding tert-OH is 2. The van der Waals surface area contributed by atoms with Crippen molar-refractivity contribution >= 4 is 5.78 Å². The lowest BCUT2D eigenvalue weighted by atomic mass is 9.29. The molecular weight excluding hydrogens is 408 g/mol. The molecule has 188 valence electrons. The molecule has 3 heteroatoms. The Morgan fingerprint density at radius 2 is 1.52 bits per heavy atom. The number of rotatable bonds is 1. The van der Waals surface area contributed by atoms with E-state index in [0.717, 1.165) is 51.4 Å². The average molecular weight is 459 g/mol. The predicted octanol–water partition coefficient (Wildman–Crippen LogP) is 6.40. The largest absolute Gasteiger partial charge is 0.396 e. The highest BCUT2D eigenvalue weighted by Gasteiger charge is 2.72. The molecule has 5 aliphatic rings. The summed E-state index contributed by atoms with van der Waals surface area (Å²) in [5.74, 6) is 2.32. The van der Waals surface area contributed by atoms with Gasteiger partial charge in [0.1, 0.15) is 5.78 Å². The molecule has 2 N–H and O–H groups in total. The Labute approximate surface area is 202 Å². The van der Waals surface area contributed by atoms with E-state index >= 15 is 0 Å². The molecule has 0 aliphatic heterocycles. The molecule has 5 saturated carbocycles. The van der Waals surface area contributed by atoms with Gasteiger partial charge in [-0.25, -0.2) is 0 Å². The van der Waals surface area contributed by atoms with Crippen LogP contribution >= 0.6 is 0 Å². The van der Waals surface area contributed by atoms with Crippen molar-refractivity contribution in [3.8, 4) is 0 Å². The van der Waals surface area contributed by atoms with Gasteiger partial charge in [0, 0.05) is 24.4 Å². The van der Waals surface area contributed by atoms with Gasteiger partial charge in [-0.15, -0.1) is 0 Å². The summed E-state index contributed by atoms with van der Waals surface area (Å²) < 4.78 is 0. The number of aliphatic hydroxyl groups is 2. The number of carbonyl (C=O) groups is 1. The molecule has 0 aromatic carbocycles. The predicted molar refractivity (Wildman–Crippen MR) is 133 cm³/mol. The van der Waals surface area contributed by atoms with E-state index in [1.54, 1.807) is 0 Å². The molecule has 0 spiro atoms. The van der Waals surface area contributed by atoms with Gasteiger partial charge in [0.15, 0.2) is 0 Å². The average Bonchev–Trinajstić information content (AvgIpc) is 2.74. The highest BCUT2D eigenvalue weighted by molar-refractivity contribution is 5.82. The summed E-state index contributed by atoms with van der Waals surface area (Å²) in [6, 6.07) is 0. The Morgan fingerprint density at radius 1 is 0.818 bits per heavy atom. The van der Waals surface area contributed by atoms with Crippen LogP contribution in [0.4, 0.5) is 0 Å². The first-order valence-electron chi connectivity index (χ1n) is 14.0. The fourth-order valence-electron chi connectivity index (χ4n) is 11.3. The molecule has 0 unspecified atom stereocenters. The van der Waals surface area contributed by atoms with Crippen LogP contribution in [0.15, 0.2) is 0 Å². The summed E-state index contributed by atoms with van der Waals surface area (Å²) in [6.07, 6.45) is 10.5. The van der Waals surface area contributed by atoms with Crippen LogP contribution in [0.5, 0.6) is 0 Å². The lowest BCUT2D eigenvalue weighted by Crippen LogP contribution is -2.70. The number of ketones is 1. The number of carbonyl (C=O) groups excluding carboxylic acids is 1. The number of Topliss-reactive ketones (excluding diaryl/α,β-unsaturated/α-hetero) is 1. The van der Waals surface area contributed by atoms with Crippen molar-refractivity contribution in [1.29, 1.82) is 0 Å². The Morgan fingerprint density at radius 3 is 2.18 bits per heavy atom. The molecule has 33 heavy (non-hydrogen) atoms. The number of fused-ring (bicyclic) bond motifs is 7. The maximum atomic E-state index is 12.7. The van der Waals surface area contributed by atoms with E-state index in [1.165, 1.54) is 12.8 Å².